The van der Waals surface area contributed by atoms with Crippen LogP contribution in [0.5, 0.6) is 0 Å². The average Bonchev–Trinajstić information content (AvgIpc) is 2.49. The standard InChI is InChI=1S/C13H17N5O.ClH/c14-15-13-11-4-2-1-3-10(11)12(16-17-13)9-18-5-7-19-8-6-18;/h1-4H,5-9,14H2,(H,15,17);1H. The minimum atomic E-state index is 0. The van der Waals surface area contributed by atoms with Crippen LogP contribution in [0.25, 0.3) is 10.8 Å². The summed E-state index contributed by atoms with van der Waals surface area (Å²) in [6.07, 6.45) is 0. The van der Waals surface area contributed by atoms with Gasteiger partial charge < -0.3 is 10.2 Å². The van der Waals surface area contributed by atoms with Crippen molar-refractivity contribution in [1.29, 1.82) is 0 Å². The lowest BCUT2D eigenvalue weighted by atomic mass is 10.1. The number of morpholine rings is 1. The third-order valence-electron chi connectivity index (χ3n) is 3.38. The third kappa shape index (κ3) is 2.99. The highest BCUT2D eigenvalue weighted by Crippen LogP contribution is 2.23. The van der Waals surface area contributed by atoms with E-state index in [-0.39, 0.29) is 12.4 Å². The molecule has 0 atom stereocenters. The Labute approximate surface area is 123 Å². The summed E-state index contributed by atoms with van der Waals surface area (Å²) in [7, 11) is 0. The topological polar surface area (TPSA) is 76.3 Å². The molecule has 7 heteroatoms. The van der Waals surface area contributed by atoms with Gasteiger partial charge in [-0.3, -0.25) is 4.90 Å². The normalized spacial score (nSPS) is 15.8. The van der Waals surface area contributed by atoms with E-state index in [0.717, 1.165) is 49.3 Å². The van der Waals surface area contributed by atoms with Crippen molar-refractivity contribution in [2.24, 2.45) is 5.84 Å². The molecule has 0 radical (unpaired) electrons. The molecular weight excluding hydrogens is 278 g/mol. The molecule has 2 heterocycles. The number of nitrogens with zero attached hydrogens (tertiary/aromatic N) is 3. The number of nitrogens with one attached hydrogen (secondary N) is 1. The monoisotopic (exact) mass is 295 g/mol. The number of rotatable bonds is 3. The van der Waals surface area contributed by atoms with Gasteiger partial charge >= 0.3 is 0 Å². The van der Waals surface area contributed by atoms with Crippen molar-refractivity contribution in [3.05, 3.63) is 30.0 Å². The number of benzene rings is 1. The van der Waals surface area contributed by atoms with Gasteiger partial charge in [0.25, 0.3) is 0 Å². The van der Waals surface area contributed by atoms with Crippen LogP contribution in [0, 0.1) is 0 Å². The second-order valence-corrected chi connectivity index (χ2v) is 4.57. The number of anilines is 1. The molecule has 0 amide bonds. The highest BCUT2D eigenvalue weighted by molar-refractivity contribution is 5.92. The third-order valence-corrected chi connectivity index (χ3v) is 3.38. The number of halogens is 1. The minimum Gasteiger partial charge on any atom is -0.379 e. The smallest absolute Gasteiger partial charge is 0.170 e. The number of nitrogen functional groups attached to an aromatic ring is 1. The molecule has 0 saturated carbocycles. The summed E-state index contributed by atoms with van der Waals surface area (Å²) in [5, 5.41) is 10.5. The average molecular weight is 296 g/mol. The molecule has 2 aromatic rings. The van der Waals surface area contributed by atoms with Crippen molar-refractivity contribution in [1.82, 2.24) is 15.1 Å². The maximum atomic E-state index is 5.47. The molecule has 108 valence electrons. The van der Waals surface area contributed by atoms with Gasteiger partial charge in [-0.1, -0.05) is 24.3 Å². The van der Waals surface area contributed by atoms with E-state index in [9.17, 15) is 0 Å². The zero-order valence-electron chi connectivity index (χ0n) is 11.1. The van der Waals surface area contributed by atoms with Gasteiger partial charge in [0.15, 0.2) is 5.82 Å². The van der Waals surface area contributed by atoms with Crippen LogP contribution in [0.4, 0.5) is 5.82 Å². The van der Waals surface area contributed by atoms with Gasteiger partial charge in [-0.15, -0.1) is 17.5 Å². The van der Waals surface area contributed by atoms with Gasteiger partial charge in [0.2, 0.25) is 0 Å². The lowest BCUT2D eigenvalue weighted by Crippen LogP contribution is -2.36. The number of aromatic nitrogens is 2. The van der Waals surface area contributed by atoms with E-state index in [0.29, 0.717) is 5.82 Å². The van der Waals surface area contributed by atoms with E-state index in [1.807, 2.05) is 18.2 Å². The van der Waals surface area contributed by atoms with Crippen molar-refractivity contribution in [3.63, 3.8) is 0 Å². The lowest BCUT2D eigenvalue weighted by Gasteiger charge is -2.26. The van der Waals surface area contributed by atoms with Crippen molar-refractivity contribution < 1.29 is 4.74 Å². The summed E-state index contributed by atoms with van der Waals surface area (Å²) < 4.78 is 5.36. The zero-order chi connectivity index (χ0) is 13.1. The molecule has 1 aromatic carbocycles. The Balaban J connectivity index is 0.00000147. The summed E-state index contributed by atoms with van der Waals surface area (Å²) >= 11 is 0. The van der Waals surface area contributed by atoms with Gasteiger partial charge in [0.05, 0.1) is 18.9 Å². The molecule has 1 aliphatic heterocycles. The van der Waals surface area contributed by atoms with Crippen LogP contribution in [-0.2, 0) is 11.3 Å². The Hall–Kier alpha value is -1.47. The quantitative estimate of drug-likeness (QED) is 0.654. The van der Waals surface area contributed by atoms with Gasteiger partial charge in [0.1, 0.15) is 0 Å². The Morgan fingerprint density at radius 3 is 2.55 bits per heavy atom. The van der Waals surface area contributed by atoms with E-state index in [1.54, 1.807) is 0 Å². The van der Waals surface area contributed by atoms with Crippen LogP contribution >= 0.6 is 12.4 Å². The lowest BCUT2D eigenvalue weighted by molar-refractivity contribution is 0.0337. The first kappa shape index (κ1) is 14.9. The largest absolute Gasteiger partial charge is 0.379 e. The van der Waals surface area contributed by atoms with Gasteiger partial charge in [-0.05, 0) is 0 Å². The van der Waals surface area contributed by atoms with Gasteiger partial charge in [0, 0.05) is 30.4 Å². The molecule has 0 bridgehead atoms. The number of ether oxygens (including phenoxy) is 1. The fourth-order valence-electron chi connectivity index (χ4n) is 2.35. The van der Waals surface area contributed by atoms with E-state index in [2.05, 4.69) is 26.6 Å². The number of nitrogens with two attached hydrogens (primary N) is 1. The molecule has 0 unspecified atom stereocenters. The fraction of sp³-hybridized carbons (Fsp3) is 0.385. The number of fused-ring (bicyclic) bond motifs is 1. The van der Waals surface area contributed by atoms with Crippen molar-refractivity contribution in [2.45, 2.75) is 6.54 Å². The van der Waals surface area contributed by atoms with Gasteiger partial charge in [-0.2, -0.15) is 5.10 Å². The van der Waals surface area contributed by atoms with Crippen LogP contribution in [0.3, 0.4) is 0 Å². The molecule has 1 aliphatic rings. The number of hydrogen-bond acceptors (Lipinski definition) is 6. The van der Waals surface area contributed by atoms with Crippen LogP contribution in [0.1, 0.15) is 5.69 Å². The van der Waals surface area contributed by atoms with Crippen molar-refractivity contribution in [2.75, 3.05) is 31.7 Å². The van der Waals surface area contributed by atoms with E-state index >= 15 is 0 Å². The number of hydrazine groups is 1. The molecule has 1 saturated heterocycles. The summed E-state index contributed by atoms with van der Waals surface area (Å²) in [6.45, 7) is 4.24. The molecule has 6 nitrogen and oxygen atoms in total. The Morgan fingerprint density at radius 2 is 1.85 bits per heavy atom. The highest BCUT2D eigenvalue weighted by atomic mass is 35.5. The first-order valence-electron chi connectivity index (χ1n) is 6.39. The zero-order valence-corrected chi connectivity index (χ0v) is 11.9. The fourth-order valence-corrected chi connectivity index (χ4v) is 2.35. The van der Waals surface area contributed by atoms with Crippen molar-refractivity contribution >= 4 is 29.0 Å². The maximum absolute atomic E-state index is 5.47. The molecule has 20 heavy (non-hydrogen) atoms. The molecule has 0 aliphatic carbocycles. The Morgan fingerprint density at radius 1 is 1.15 bits per heavy atom. The summed E-state index contributed by atoms with van der Waals surface area (Å²) in [4.78, 5) is 2.33. The predicted molar refractivity (Wildman–Crippen MR) is 80.7 cm³/mol. The first-order chi connectivity index (χ1) is 9.38. The van der Waals surface area contributed by atoms with E-state index in [4.69, 9.17) is 10.6 Å². The summed E-state index contributed by atoms with van der Waals surface area (Å²) in [6, 6.07) is 8.04. The van der Waals surface area contributed by atoms with E-state index < -0.39 is 0 Å². The molecule has 3 N–H and O–H groups in total. The van der Waals surface area contributed by atoms with Crippen LogP contribution in [0.15, 0.2) is 24.3 Å². The maximum Gasteiger partial charge on any atom is 0.170 e. The summed E-state index contributed by atoms with van der Waals surface area (Å²) in [5.41, 5.74) is 3.58. The van der Waals surface area contributed by atoms with E-state index in [1.165, 1.54) is 0 Å². The Bertz CT molecular complexity index is 574. The Kier molecular flexibility index (Phi) is 5.08. The molecule has 3 rings (SSSR count). The second-order valence-electron chi connectivity index (χ2n) is 4.57. The highest BCUT2D eigenvalue weighted by Gasteiger charge is 2.14. The first-order valence-corrected chi connectivity index (χ1v) is 6.39. The summed E-state index contributed by atoms with van der Waals surface area (Å²) in [5.74, 6) is 6.08. The van der Waals surface area contributed by atoms with Crippen LogP contribution < -0.4 is 11.3 Å². The molecule has 0 spiro atoms. The molecular formula is C13H18ClN5O. The van der Waals surface area contributed by atoms with Crippen LogP contribution in [-0.4, -0.2) is 41.4 Å². The minimum absolute atomic E-state index is 0. The molecule has 1 fully saturated rings. The second kappa shape index (κ2) is 6.81. The van der Waals surface area contributed by atoms with Crippen molar-refractivity contribution in [3.8, 4) is 0 Å². The van der Waals surface area contributed by atoms with Crippen LogP contribution in [0.2, 0.25) is 0 Å². The van der Waals surface area contributed by atoms with Gasteiger partial charge in [-0.25, -0.2) is 5.84 Å². The predicted octanol–water partition coefficient (Wildman–Crippen LogP) is 1.17. The molecule has 1 aromatic heterocycles. The SMILES string of the molecule is Cl.NNc1nnc(CN2CCOCC2)c2ccccc12. The number of hydrogen-bond donors (Lipinski definition) is 2.